The number of aromatic nitrogens is 4. The first-order valence-electron chi connectivity index (χ1n) is 16.8. The predicted molar refractivity (Wildman–Crippen MR) is 223 cm³/mol. The number of nitrogens with zero attached hydrogens (tertiary/aromatic N) is 4. The maximum atomic E-state index is 14.3. The van der Waals surface area contributed by atoms with Gasteiger partial charge in [0.25, 0.3) is 0 Å². The largest absolute Gasteiger partial charge is 0.506 e. The van der Waals surface area contributed by atoms with E-state index in [1.807, 2.05) is 24.3 Å². The molecule has 8 rings (SSSR count). The topological polar surface area (TPSA) is 147 Å². The van der Waals surface area contributed by atoms with Crippen LogP contribution >= 0.6 is 46.4 Å². The lowest BCUT2D eigenvalue weighted by atomic mass is 9.96. The van der Waals surface area contributed by atoms with Crippen LogP contribution in [0.4, 0.5) is 29.2 Å². The fourth-order valence-electron chi connectivity index (χ4n) is 5.21. The van der Waals surface area contributed by atoms with Gasteiger partial charge in [-0.15, -0.1) is 0 Å². The first-order valence-corrected chi connectivity index (χ1v) is 18.4. The fraction of sp³-hybridized carbons (Fsp3) is 0.0238. The van der Waals surface area contributed by atoms with Crippen molar-refractivity contribution in [3.63, 3.8) is 0 Å². The Hall–Kier alpha value is -6.25. The molecule has 1 atom stereocenters. The number of pyridine rings is 4. The molecule has 0 aliphatic rings. The number of carbonyl (C=O) groups is 1. The lowest BCUT2D eigenvalue weighted by molar-refractivity contribution is 0.112. The third-order valence-corrected chi connectivity index (χ3v) is 9.14. The molecule has 9 nitrogen and oxygen atoms in total. The number of carbonyl (C=O) groups excluding carboxylic acids is 1. The number of aromatic hydroxyl groups is 2. The van der Waals surface area contributed by atoms with Gasteiger partial charge in [-0.1, -0.05) is 82.8 Å². The quantitative estimate of drug-likeness (QED) is 0.0979. The van der Waals surface area contributed by atoms with Crippen molar-refractivity contribution in [3.05, 3.63) is 188 Å². The smallest absolute Gasteiger partial charge is 0.168 e. The number of rotatable bonds is 5. The zero-order valence-electron chi connectivity index (χ0n) is 30.0. The van der Waals surface area contributed by atoms with Gasteiger partial charge >= 0.3 is 0 Å². The van der Waals surface area contributed by atoms with Gasteiger partial charge in [-0.25, -0.2) is 27.5 Å². The first-order chi connectivity index (χ1) is 28.2. The normalized spacial score (nSPS) is 10.9. The molecule has 0 bridgehead atoms. The highest BCUT2D eigenvalue weighted by molar-refractivity contribution is 6.35. The minimum Gasteiger partial charge on any atom is -0.506 e. The van der Waals surface area contributed by atoms with Gasteiger partial charge in [-0.3, -0.25) is 14.8 Å². The van der Waals surface area contributed by atoms with Crippen molar-refractivity contribution < 1.29 is 32.6 Å². The molecule has 0 aliphatic heterocycles. The molecule has 4 heterocycles. The van der Waals surface area contributed by atoms with Crippen molar-refractivity contribution >= 4 is 86.1 Å². The molecular weight excluding hydrogens is 854 g/mol. The zero-order chi connectivity index (χ0) is 42.6. The Morgan fingerprint density at radius 3 is 1.83 bits per heavy atom. The van der Waals surface area contributed by atoms with Gasteiger partial charge in [-0.05, 0) is 60.2 Å². The van der Waals surface area contributed by atoms with Crippen molar-refractivity contribution in [2.24, 2.45) is 0 Å². The summed E-state index contributed by atoms with van der Waals surface area (Å²) in [7, 11) is 0. The summed E-state index contributed by atoms with van der Waals surface area (Å²) in [5.41, 5.74) is 7.26. The Kier molecular flexibility index (Phi) is 15.2. The summed E-state index contributed by atoms with van der Waals surface area (Å²) in [5.74, 6) is -3.57. The van der Waals surface area contributed by atoms with E-state index in [-0.39, 0.29) is 23.1 Å². The number of hydrogen-bond acceptors (Lipinski definition) is 9. The minimum absolute atomic E-state index is 0.0980. The molecule has 8 aromatic rings. The Morgan fingerprint density at radius 2 is 1.22 bits per heavy atom. The van der Waals surface area contributed by atoms with Crippen molar-refractivity contribution in [3.8, 4) is 11.5 Å². The molecule has 17 heteroatoms. The van der Waals surface area contributed by atoms with Crippen molar-refractivity contribution in [2.75, 3.05) is 11.1 Å². The summed E-state index contributed by atoms with van der Waals surface area (Å²) < 4.78 is 51.7. The van der Waals surface area contributed by atoms with Gasteiger partial charge in [0.1, 0.15) is 34.2 Å². The number of halogens is 8. The average molecular weight is 883 g/mol. The molecule has 0 fully saturated rings. The van der Waals surface area contributed by atoms with Gasteiger partial charge in [0, 0.05) is 61.5 Å². The zero-order valence-corrected chi connectivity index (χ0v) is 33.0. The molecule has 0 saturated heterocycles. The number of nitrogen functional groups attached to an aromatic ring is 1. The monoisotopic (exact) mass is 880 g/mol. The van der Waals surface area contributed by atoms with E-state index in [9.17, 15) is 32.6 Å². The molecule has 0 radical (unpaired) electrons. The van der Waals surface area contributed by atoms with E-state index in [1.165, 1.54) is 6.07 Å². The van der Waals surface area contributed by atoms with Gasteiger partial charge < -0.3 is 21.3 Å². The minimum atomic E-state index is -0.883. The second-order valence-corrected chi connectivity index (χ2v) is 13.6. The third-order valence-electron chi connectivity index (χ3n) is 7.98. The predicted octanol–water partition coefficient (Wildman–Crippen LogP) is 11.8. The summed E-state index contributed by atoms with van der Waals surface area (Å²) in [6, 6.07) is 26.3. The first kappa shape index (κ1) is 43.9. The highest BCUT2D eigenvalue weighted by atomic mass is 35.5. The molecule has 59 heavy (non-hydrogen) atoms. The molecule has 4 aromatic carbocycles. The second kappa shape index (κ2) is 20.4. The summed E-state index contributed by atoms with van der Waals surface area (Å²) in [4.78, 5) is 25.5. The van der Waals surface area contributed by atoms with Crippen LogP contribution in [0, 0.1) is 23.3 Å². The van der Waals surface area contributed by atoms with Crippen LogP contribution in [0.2, 0.25) is 20.1 Å². The number of benzene rings is 4. The van der Waals surface area contributed by atoms with Crippen LogP contribution in [-0.2, 0) is 0 Å². The number of hydrogen-bond donors (Lipinski definition) is 4. The highest BCUT2D eigenvalue weighted by Crippen LogP contribution is 2.39. The van der Waals surface area contributed by atoms with E-state index < -0.39 is 29.3 Å². The SMILES string of the molecule is Nc1ncc(F)cc1F.O=Cc1cc(Cl)ccc1Cl.Oc1c(C(Nc2ncc(F)cc2F)c2cc(Cl)ccc2Cl)ccc2cccnc12.Oc1cccc2cccnc12. The van der Waals surface area contributed by atoms with E-state index in [2.05, 4.69) is 25.3 Å². The molecule has 300 valence electrons. The Morgan fingerprint density at radius 1 is 0.627 bits per heavy atom. The standard InChI is InChI=1S/C21H13Cl2F2N3O.C9H7NO.C7H4Cl2O.C5H4F2N2/c22-12-4-6-16(23)15(8-12)19(28-21-17(25)9-13(24)10-27-21)14-5-3-11-2-1-7-26-18(11)20(14)29;11-8-5-1-3-7-4-2-6-10-9(7)8;8-6-1-2-7(9)5(3-6)4-10;6-3-1-4(7)5(8)9-2-3/h1-10,19,29H,(H,27,28);1-6,11H;1-4H;1-2H,(H2,8,9). The number of para-hydroxylation sites is 1. The van der Waals surface area contributed by atoms with Crippen molar-refractivity contribution in [1.29, 1.82) is 0 Å². The molecule has 4 aromatic heterocycles. The van der Waals surface area contributed by atoms with Gasteiger partial charge in [0.05, 0.1) is 23.5 Å². The number of anilines is 2. The Bertz CT molecular complexity index is 2750. The van der Waals surface area contributed by atoms with Gasteiger partial charge in [0.2, 0.25) is 0 Å². The molecule has 1 unspecified atom stereocenters. The van der Waals surface area contributed by atoms with Crippen molar-refractivity contribution in [1.82, 2.24) is 19.9 Å². The lowest BCUT2D eigenvalue weighted by Crippen LogP contribution is -2.15. The van der Waals surface area contributed by atoms with Crippen LogP contribution in [0.25, 0.3) is 21.8 Å². The van der Waals surface area contributed by atoms with E-state index in [4.69, 9.17) is 52.1 Å². The second-order valence-electron chi connectivity index (χ2n) is 12.0. The summed E-state index contributed by atoms with van der Waals surface area (Å²) in [5, 5.41) is 26.5. The number of nitrogens with two attached hydrogens (primary N) is 1. The summed E-state index contributed by atoms with van der Waals surface area (Å²) in [6.45, 7) is 0. The van der Waals surface area contributed by atoms with Gasteiger partial charge in [-0.2, -0.15) is 0 Å². The van der Waals surface area contributed by atoms with Crippen LogP contribution < -0.4 is 11.1 Å². The summed E-state index contributed by atoms with van der Waals surface area (Å²) >= 11 is 23.7. The highest BCUT2D eigenvalue weighted by Gasteiger charge is 2.24. The Balaban J connectivity index is 0.000000179. The maximum Gasteiger partial charge on any atom is 0.168 e. The number of fused-ring (bicyclic) bond motifs is 2. The number of phenols is 2. The van der Waals surface area contributed by atoms with E-state index >= 15 is 0 Å². The molecule has 0 saturated carbocycles. The number of aldehydes is 1. The van der Waals surface area contributed by atoms with Crippen LogP contribution in [-0.4, -0.2) is 36.4 Å². The lowest BCUT2D eigenvalue weighted by Gasteiger charge is -2.23. The molecule has 0 spiro atoms. The Labute approximate surface area is 353 Å². The molecule has 0 aliphatic carbocycles. The van der Waals surface area contributed by atoms with Crippen LogP contribution in [0.3, 0.4) is 0 Å². The molecule has 5 N–H and O–H groups in total. The maximum absolute atomic E-state index is 14.3. The summed E-state index contributed by atoms with van der Waals surface area (Å²) in [6.07, 6.45) is 5.65. The van der Waals surface area contributed by atoms with Crippen LogP contribution in [0.1, 0.15) is 27.5 Å². The molecular formula is C42H28Cl4F4N6O3. The number of nitrogens with one attached hydrogen (secondary N) is 1. The van der Waals surface area contributed by atoms with Crippen LogP contribution in [0.5, 0.6) is 11.5 Å². The van der Waals surface area contributed by atoms with Crippen molar-refractivity contribution in [2.45, 2.75) is 6.04 Å². The third kappa shape index (κ3) is 11.7. The fourth-order valence-corrected chi connectivity index (χ4v) is 5.96. The molecule has 0 amide bonds. The van der Waals surface area contributed by atoms with E-state index in [0.29, 0.717) is 66.2 Å². The average Bonchev–Trinajstić information content (AvgIpc) is 3.22. The van der Waals surface area contributed by atoms with Gasteiger partial charge in [0.15, 0.2) is 29.6 Å². The van der Waals surface area contributed by atoms with E-state index in [1.54, 1.807) is 73.1 Å². The van der Waals surface area contributed by atoms with Crippen LogP contribution in [0.15, 0.2) is 128 Å². The van der Waals surface area contributed by atoms with E-state index in [0.717, 1.165) is 23.2 Å². The number of phenolic OH excluding ortho intramolecular Hbond substituents is 2.